The van der Waals surface area contributed by atoms with Crippen molar-refractivity contribution < 1.29 is 0 Å². The molecule has 0 aromatic heterocycles. The largest absolute Gasteiger partial charge is 0.192 e. The van der Waals surface area contributed by atoms with Gasteiger partial charge in [-0.1, -0.05) is 46.1 Å². The maximum atomic E-state index is 9.22. The normalized spacial score (nSPS) is 40.9. The van der Waals surface area contributed by atoms with Crippen molar-refractivity contribution >= 4 is 0 Å². The molecule has 4 saturated carbocycles. The topological polar surface area (TPSA) is 23.8 Å². The Balaban J connectivity index is 1.27. The van der Waals surface area contributed by atoms with Crippen LogP contribution in [0.3, 0.4) is 0 Å². The lowest BCUT2D eigenvalue weighted by Crippen LogP contribution is -2.49. The van der Waals surface area contributed by atoms with Gasteiger partial charge in [-0.05, 0) is 141 Å². The lowest BCUT2D eigenvalue weighted by atomic mass is 9.48. The second-order valence-electron chi connectivity index (χ2n) is 13.1. The number of fused-ring (bicyclic) bond motifs is 5. The van der Waals surface area contributed by atoms with Crippen molar-refractivity contribution in [3.8, 4) is 6.07 Å². The van der Waals surface area contributed by atoms with Crippen LogP contribution in [0.1, 0.15) is 108 Å². The maximum Gasteiger partial charge on any atom is 0.0991 e. The van der Waals surface area contributed by atoms with Gasteiger partial charge in [0, 0.05) is 0 Å². The number of benzene rings is 1. The molecule has 0 aliphatic heterocycles. The first-order valence-electron chi connectivity index (χ1n) is 14.4. The van der Waals surface area contributed by atoms with Crippen LogP contribution in [0.5, 0.6) is 0 Å². The summed E-state index contributed by atoms with van der Waals surface area (Å²) in [5.74, 6) is 7.86. The Morgan fingerprint density at radius 1 is 1.03 bits per heavy atom. The van der Waals surface area contributed by atoms with Gasteiger partial charge in [-0.2, -0.15) is 5.26 Å². The molecule has 1 heteroatoms. The van der Waals surface area contributed by atoms with Crippen LogP contribution >= 0.6 is 0 Å². The molecule has 0 heterocycles. The average molecular weight is 446 g/mol. The zero-order chi connectivity index (χ0) is 23.2. The lowest BCUT2D eigenvalue weighted by molar-refractivity contribution is -0.0740. The number of hydrogen-bond acceptors (Lipinski definition) is 1. The summed E-state index contributed by atoms with van der Waals surface area (Å²) in [6, 6.07) is 8.63. The van der Waals surface area contributed by atoms with Gasteiger partial charge in [0.25, 0.3) is 0 Å². The van der Waals surface area contributed by atoms with Crippen molar-refractivity contribution in [2.24, 2.45) is 52.8 Å². The third kappa shape index (κ3) is 4.19. The second kappa shape index (κ2) is 9.40. The van der Waals surface area contributed by atoms with E-state index in [1.165, 1.54) is 62.5 Å². The SMILES string of the molecule is CCC[C@H]1CC[C@@H]2C3CC[C@@]4(C)C(CCC4[C@@H](C)Cc4ccc(C#N)cc4C)[C@@H]3CC[C@@H]2C1. The minimum Gasteiger partial charge on any atom is -0.192 e. The number of rotatable bonds is 5. The van der Waals surface area contributed by atoms with E-state index in [0.717, 1.165) is 52.9 Å². The van der Waals surface area contributed by atoms with Crippen LogP contribution in [0.15, 0.2) is 18.2 Å². The van der Waals surface area contributed by atoms with Crippen LogP contribution in [-0.2, 0) is 6.42 Å². The molecule has 4 fully saturated rings. The van der Waals surface area contributed by atoms with Gasteiger partial charge in [-0.15, -0.1) is 0 Å². The number of nitriles is 1. The van der Waals surface area contributed by atoms with Crippen molar-refractivity contribution in [3.05, 3.63) is 34.9 Å². The van der Waals surface area contributed by atoms with Gasteiger partial charge < -0.3 is 0 Å². The van der Waals surface area contributed by atoms with Crippen molar-refractivity contribution in [1.82, 2.24) is 0 Å². The smallest absolute Gasteiger partial charge is 0.0991 e. The molecule has 4 aliphatic carbocycles. The summed E-state index contributed by atoms with van der Waals surface area (Å²) in [5, 5.41) is 9.22. The first kappa shape index (κ1) is 23.5. The van der Waals surface area contributed by atoms with E-state index in [1.54, 1.807) is 25.7 Å². The summed E-state index contributed by atoms with van der Waals surface area (Å²) < 4.78 is 0. The fraction of sp³-hybridized carbons (Fsp3) is 0.781. The molecule has 9 atom stereocenters. The second-order valence-corrected chi connectivity index (χ2v) is 13.1. The molecule has 0 saturated heterocycles. The van der Waals surface area contributed by atoms with Crippen molar-refractivity contribution in [3.63, 3.8) is 0 Å². The first-order valence-corrected chi connectivity index (χ1v) is 14.4. The summed E-state index contributed by atoms with van der Waals surface area (Å²) in [7, 11) is 0. The van der Waals surface area contributed by atoms with Gasteiger partial charge in [0.2, 0.25) is 0 Å². The van der Waals surface area contributed by atoms with Crippen molar-refractivity contribution in [2.75, 3.05) is 0 Å². The zero-order valence-corrected chi connectivity index (χ0v) is 21.8. The third-order valence-electron chi connectivity index (χ3n) is 11.5. The van der Waals surface area contributed by atoms with Crippen LogP contribution in [0.4, 0.5) is 0 Å². The average Bonchev–Trinajstić information content (AvgIpc) is 3.17. The van der Waals surface area contributed by atoms with Gasteiger partial charge in [0.15, 0.2) is 0 Å². The molecular weight excluding hydrogens is 398 g/mol. The van der Waals surface area contributed by atoms with E-state index in [-0.39, 0.29) is 0 Å². The Labute approximate surface area is 203 Å². The van der Waals surface area contributed by atoms with E-state index in [1.807, 2.05) is 6.07 Å². The molecule has 5 rings (SSSR count). The molecule has 3 unspecified atom stereocenters. The molecule has 1 aromatic carbocycles. The monoisotopic (exact) mass is 445 g/mol. The highest BCUT2D eigenvalue weighted by Crippen LogP contribution is 2.65. The fourth-order valence-corrected chi connectivity index (χ4v) is 10.1. The van der Waals surface area contributed by atoms with Gasteiger partial charge >= 0.3 is 0 Å². The molecule has 1 aromatic rings. The quantitative estimate of drug-likeness (QED) is 0.444. The predicted octanol–water partition coefficient (Wildman–Crippen LogP) is 8.73. The molecule has 1 nitrogen and oxygen atoms in total. The van der Waals surface area contributed by atoms with E-state index in [2.05, 4.69) is 45.9 Å². The van der Waals surface area contributed by atoms with Crippen LogP contribution in [0.2, 0.25) is 0 Å². The van der Waals surface area contributed by atoms with E-state index in [9.17, 15) is 5.26 Å². The Hall–Kier alpha value is -1.29. The molecule has 0 radical (unpaired) electrons. The number of aryl methyl sites for hydroxylation is 1. The van der Waals surface area contributed by atoms with Crippen molar-refractivity contribution in [1.29, 1.82) is 5.26 Å². The highest BCUT2D eigenvalue weighted by molar-refractivity contribution is 5.37. The van der Waals surface area contributed by atoms with Gasteiger partial charge in [0.1, 0.15) is 0 Å². The zero-order valence-electron chi connectivity index (χ0n) is 21.8. The summed E-state index contributed by atoms with van der Waals surface area (Å²) in [6.07, 6.45) is 17.7. The Morgan fingerprint density at radius 2 is 1.85 bits per heavy atom. The van der Waals surface area contributed by atoms with E-state index in [4.69, 9.17) is 0 Å². The summed E-state index contributed by atoms with van der Waals surface area (Å²) >= 11 is 0. The Bertz CT molecular complexity index is 879. The van der Waals surface area contributed by atoms with E-state index in [0.29, 0.717) is 5.41 Å². The molecular formula is C32H47N. The summed E-state index contributed by atoms with van der Waals surface area (Å²) in [5.41, 5.74) is 4.13. The molecule has 33 heavy (non-hydrogen) atoms. The van der Waals surface area contributed by atoms with Crippen LogP contribution in [0.25, 0.3) is 0 Å². The summed E-state index contributed by atoms with van der Waals surface area (Å²) in [4.78, 5) is 0. The maximum absolute atomic E-state index is 9.22. The van der Waals surface area contributed by atoms with Gasteiger partial charge in [-0.25, -0.2) is 0 Å². The molecule has 0 N–H and O–H groups in total. The van der Waals surface area contributed by atoms with E-state index < -0.39 is 0 Å². The molecule has 0 amide bonds. The van der Waals surface area contributed by atoms with Crippen molar-refractivity contribution in [2.45, 2.75) is 105 Å². The van der Waals surface area contributed by atoms with E-state index >= 15 is 0 Å². The van der Waals surface area contributed by atoms with Gasteiger partial charge in [-0.3, -0.25) is 0 Å². The molecule has 0 bridgehead atoms. The highest BCUT2D eigenvalue weighted by atomic mass is 14.6. The third-order valence-corrected chi connectivity index (χ3v) is 11.5. The lowest BCUT2D eigenvalue weighted by Gasteiger charge is -2.57. The molecule has 180 valence electrons. The minimum absolute atomic E-state index is 0.563. The Morgan fingerprint density at radius 3 is 2.61 bits per heavy atom. The standard InChI is InChI=1S/C32H47N/c1-5-6-23-8-11-27-26(19-23)10-12-29-28(27)15-16-32(4)30(13-14-31(29)32)22(3)18-25-9-7-24(20-33)17-21(25)2/h7,9,17,22-23,26-31H,5-6,8,10-16,18-19H2,1-4H3/t22-,23-,26+,27-,28?,29+,30?,31?,32+/m0/s1. The van der Waals surface area contributed by atoms with Crippen LogP contribution < -0.4 is 0 Å². The molecule has 4 aliphatic rings. The summed E-state index contributed by atoms with van der Waals surface area (Å²) in [6.45, 7) is 9.82. The predicted molar refractivity (Wildman–Crippen MR) is 138 cm³/mol. The highest BCUT2D eigenvalue weighted by Gasteiger charge is 2.57. The Kier molecular flexibility index (Phi) is 6.68. The number of nitrogens with zero attached hydrogens (tertiary/aromatic N) is 1. The van der Waals surface area contributed by atoms with Crippen LogP contribution in [0, 0.1) is 71.0 Å². The number of hydrogen-bond donors (Lipinski definition) is 0. The first-order chi connectivity index (χ1) is 15.9. The van der Waals surface area contributed by atoms with Crippen LogP contribution in [-0.4, -0.2) is 0 Å². The minimum atomic E-state index is 0.563. The van der Waals surface area contributed by atoms with Gasteiger partial charge in [0.05, 0.1) is 11.6 Å². The molecule has 0 spiro atoms. The fourth-order valence-electron chi connectivity index (χ4n) is 10.1.